The zero-order valence-electron chi connectivity index (χ0n) is 22.9. The van der Waals surface area contributed by atoms with E-state index >= 15 is 0 Å². The highest BCUT2D eigenvalue weighted by Crippen LogP contribution is 2.44. The maximum Gasteiger partial charge on any atom is 0.229 e. The Kier molecular flexibility index (Phi) is 5.13. The first-order chi connectivity index (χ1) is 21.3. The zero-order valence-corrected chi connectivity index (χ0v) is 22.9. The van der Waals surface area contributed by atoms with E-state index in [-0.39, 0.29) is 0 Å². The molecule has 0 saturated heterocycles. The minimum atomic E-state index is 0.594. The third kappa shape index (κ3) is 3.72. The second-order valence-electron chi connectivity index (χ2n) is 10.7. The summed E-state index contributed by atoms with van der Waals surface area (Å²) in [6.07, 6.45) is 3.69. The van der Waals surface area contributed by atoms with Gasteiger partial charge in [-0.3, -0.25) is 0 Å². The molecule has 9 aromatic rings. The largest absolute Gasteiger partial charge is 0.438 e. The molecule has 43 heavy (non-hydrogen) atoms. The van der Waals surface area contributed by atoms with E-state index in [1.807, 2.05) is 48.7 Å². The Bertz CT molecular complexity index is 2490. The monoisotopic (exact) mass is 553 g/mol. The maximum absolute atomic E-state index is 6.20. The van der Waals surface area contributed by atoms with Crippen LogP contribution in [0.15, 0.2) is 149 Å². The van der Waals surface area contributed by atoms with Crippen LogP contribution in [0.5, 0.6) is 0 Å². The van der Waals surface area contributed by atoms with Crippen LogP contribution in [0.1, 0.15) is 0 Å². The normalized spacial score (nSPS) is 11.7. The Hall–Kier alpha value is -5.94. The van der Waals surface area contributed by atoms with Crippen molar-refractivity contribution in [3.63, 3.8) is 0 Å². The summed E-state index contributed by atoms with van der Waals surface area (Å²) in [5.74, 6) is 0. The van der Waals surface area contributed by atoms with E-state index in [4.69, 9.17) is 13.8 Å². The summed E-state index contributed by atoms with van der Waals surface area (Å²) in [6, 6.07) is 44.0. The first kappa shape index (κ1) is 23.7. The van der Waals surface area contributed by atoms with Gasteiger partial charge in [0.25, 0.3) is 0 Å². The SMILES string of the molecule is c1cc(-c2cccc3ccccc23)cc(N(c2cnc3oc4ccccc4c3c2)c2ccnc3oc4ccccc4c23)c1. The molecular formula is C38H23N3O2. The van der Waals surface area contributed by atoms with Gasteiger partial charge < -0.3 is 13.7 Å². The maximum atomic E-state index is 6.20. The van der Waals surface area contributed by atoms with Gasteiger partial charge >= 0.3 is 0 Å². The highest BCUT2D eigenvalue weighted by atomic mass is 16.3. The smallest absolute Gasteiger partial charge is 0.229 e. The van der Waals surface area contributed by atoms with Gasteiger partial charge in [0.05, 0.1) is 28.3 Å². The summed E-state index contributed by atoms with van der Waals surface area (Å²) in [6.45, 7) is 0. The van der Waals surface area contributed by atoms with E-state index < -0.39 is 0 Å². The molecule has 4 heterocycles. The van der Waals surface area contributed by atoms with Gasteiger partial charge in [-0.2, -0.15) is 0 Å². The molecule has 0 unspecified atom stereocenters. The molecule has 0 saturated carbocycles. The van der Waals surface area contributed by atoms with Crippen LogP contribution >= 0.6 is 0 Å². The Morgan fingerprint density at radius 2 is 1.23 bits per heavy atom. The summed E-state index contributed by atoms with van der Waals surface area (Å²) in [5.41, 5.74) is 8.00. The summed E-state index contributed by atoms with van der Waals surface area (Å²) >= 11 is 0. The van der Waals surface area contributed by atoms with E-state index in [0.717, 1.165) is 55.3 Å². The van der Waals surface area contributed by atoms with Crippen molar-refractivity contribution >= 4 is 72.0 Å². The number of furan rings is 2. The topological polar surface area (TPSA) is 55.3 Å². The van der Waals surface area contributed by atoms with E-state index in [1.165, 1.54) is 16.3 Å². The van der Waals surface area contributed by atoms with Crippen LogP contribution in [0.2, 0.25) is 0 Å². The van der Waals surface area contributed by atoms with Crippen molar-refractivity contribution in [1.82, 2.24) is 9.97 Å². The molecule has 0 aliphatic carbocycles. The Morgan fingerprint density at radius 1 is 0.512 bits per heavy atom. The van der Waals surface area contributed by atoms with Gasteiger partial charge in [-0.05, 0) is 58.3 Å². The molecule has 0 fully saturated rings. The minimum absolute atomic E-state index is 0.594. The van der Waals surface area contributed by atoms with E-state index in [1.54, 1.807) is 6.20 Å². The van der Waals surface area contributed by atoms with Gasteiger partial charge in [0.2, 0.25) is 11.4 Å². The summed E-state index contributed by atoms with van der Waals surface area (Å²) < 4.78 is 12.3. The van der Waals surface area contributed by atoms with Crippen molar-refractivity contribution < 1.29 is 8.83 Å². The summed E-state index contributed by atoms with van der Waals surface area (Å²) in [7, 11) is 0. The molecule has 9 rings (SSSR count). The van der Waals surface area contributed by atoms with E-state index in [2.05, 4.69) is 94.8 Å². The van der Waals surface area contributed by atoms with Crippen molar-refractivity contribution in [2.45, 2.75) is 0 Å². The Balaban J connectivity index is 1.33. The number of para-hydroxylation sites is 2. The molecule has 0 aliphatic rings. The predicted octanol–water partition coefficient (Wildman–Crippen LogP) is 10.6. The standard InChI is InChI=1S/C38H23N3O2/c1-2-13-28-24(9-1)10-8-16-29(28)25-11-7-12-26(21-25)41(27-22-32-30-14-3-5-17-34(30)42-37(32)40-23-27)33-19-20-39-38-36(33)31-15-4-6-18-35(31)43-38/h1-23H. The number of hydrogen-bond acceptors (Lipinski definition) is 5. The van der Waals surface area contributed by atoms with Crippen LogP contribution in [0.3, 0.4) is 0 Å². The van der Waals surface area contributed by atoms with Gasteiger partial charge in [0.15, 0.2) is 0 Å². The quantitative estimate of drug-likeness (QED) is 0.217. The first-order valence-electron chi connectivity index (χ1n) is 14.2. The fourth-order valence-corrected chi connectivity index (χ4v) is 6.25. The van der Waals surface area contributed by atoms with Crippen molar-refractivity contribution in [1.29, 1.82) is 0 Å². The Morgan fingerprint density at radius 3 is 2.14 bits per heavy atom. The third-order valence-corrected chi connectivity index (χ3v) is 8.18. The number of anilines is 3. The third-order valence-electron chi connectivity index (χ3n) is 8.18. The molecule has 5 aromatic carbocycles. The molecule has 5 heteroatoms. The second-order valence-corrected chi connectivity index (χ2v) is 10.7. The lowest BCUT2D eigenvalue weighted by atomic mass is 9.97. The molecule has 0 aliphatic heterocycles. The van der Waals surface area contributed by atoms with Crippen LogP contribution in [0, 0.1) is 0 Å². The summed E-state index contributed by atoms with van der Waals surface area (Å²) in [4.78, 5) is 11.6. The molecule has 202 valence electrons. The molecule has 0 spiro atoms. The van der Waals surface area contributed by atoms with Gasteiger partial charge in [-0.15, -0.1) is 0 Å². The summed E-state index contributed by atoms with van der Waals surface area (Å²) in [5, 5.41) is 6.39. The molecule has 0 radical (unpaired) electrons. The molecule has 4 aromatic heterocycles. The van der Waals surface area contributed by atoms with Crippen LogP contribution < -0.4 is 4.90 Å². The lowest BCUT2D eigenvalue weighted by Crippen LogP contribution is -2.11. The van der Waals surface area contributed by atoms with Gasteiger partial charge in [0, 0.05) is 22.7 Å². The Labute approximate surface area is 246 Å². The number of rotatable bonds is 4. The van der Waals surface area contributed by atoms with Gasteiger partial charge in [0.1, 0.15) is 11.2 Å². The highest BCUT2D eigenvalue weighted by molar-refractivity contribution is 6.13. The fourth-order valence-electron chi connectivity index (χ4n) is 6.25. The number of hydrogen-bond donors (Lipinski definition) is 0. The van der Waals surface area contributed by atoms with Crippen molar-refractivity contribution in [2.75, 3.05) is 4.90 Å². The molecular weight excluding hydrogens is 530 g/mol. The minimum Gasteiger partial charge on any atom is -0.438 e. The average Bonchev–Trinajstić information content (AvgIpc) is 3.63. The molecule has 5 nitrogen and oxygen atoms in total. The van der Waals surface area contributed by atoms with E-state index in [9.17, 15) is 0 Å². The van der Waals surface area contributed by atoms with Crippen molar-refractivity contribution in [3.8, 4) is 11.1 Å². The van der Waals surface area contributed by atoms with Crippen molar-refractivity contribution in [2.24, 2.45) is 0 Å². The molecule has 0 atom stereocenters. The predicted molar refractivity (Wildman–Crippen MR) is 174 cm³/mol. The average molecular weight is 554 g/mol. The van der Waals surface area contributed by atoms with Crippen LogP contribution in [0.4, 0.5) is 17.1 Å². The molecule has 0 amide bonds. The van der Waals surface area contributed by atoms with Gasteiger partial charge in [-0.25, -0.2) is 9.97 Å². The first-order valence-corrected chi connectivity index (χ1v) is 14.2. The number of pyridine rings is 2. The lowest BCUT2D eigenvalue weighted by Gasteiger charge is -2.26. The van der Waals surface area contributed by atoms with E-state index in [0.29, 0.717) is 11.4 Å². The van der Waals surface area contributed by atoms with Gasteiger partial charge in [-0.1, -0.05) is 91.0 Å². The van der Waals surface area contributed by atoms with Crippen LogP contribution in [-0.2, 0) is 0 Å². The number of benzene rings is 5. The highest BCUT2D eigenvalue weighted by Gasteiger charge is 2.22. The zero-order chi connectivity index (χ0) is 28.3. The van der Waals surface area contributed by atoms with Crippen LogP contribution in [-0.4, -0.2) is 9.97 Å². The number of nitrogens with zero attached hydrogens (tertiary/aromatic N) is 3. The second kappa shape index (κ2) is 9.29. The molecule has 0 bridgehead atoms. The fraction of sp³-hybridized carbons (Fsp3) is 0. The lowest BCUT2D eigenvalue weighted by molar-refractivity contribution is 0.653. The molecule has 0 N–H and O–H groups in total. The van der Waals surface area contributed by atoms with Crippen LogP contribution in [0.25, 0.3) is 66.0 Å². The number of fused-ring (bicyclic) bond motifs is 7. The van der Waals surface area contributed by atoms with Crippen molar-refractivity contribution in [3.05, 3.63) is 140 Å². The number of aromatic nitrogens is 2.